The molecule has 0 aliphatic heterocycles. The fourth-order valence-electron chi connectivity index (χ4n) is 2.01. The number of nitrogens with zero attached hydrogens (tertiary/aromatic N) is 1. The van der Waals surface area contributed by atoms with Crippen LogP contribution in [0.15, 0.2) is 23.1 Å². The lowest BCUT2D eigenvalue weighted by molar-refractivity contribution is -0.117. The zero-order valence-electron chi connectivity index (χ0n) is 14.9. The summed E-state index contributed by atoms with van der Waals surface area (Å²) in [5.74, 6) is -0.304. The van der Waals surface area contributed by atoms with Gasteiger partial charge in [-0.2, -0.15) is 4.31 Å². The highest BCUT2D eigenvalue weighted by molar-refractivity contribution is 7.89. The summed E-state index contributed by atoms with van der Waals surface area (Å²) in [6.07, 6.45) is 1.39. The molecule has 0 saturated carbocycles. The second-order valence-corrected chi connectivity index (χ2v) is 7.97. The molecule has 0 heterocycles. The molecule has 0 fully saturated rings. The van der Waals surface area contributed by atoms with Gasteiger partial charge in [-0.1, -0.05) is 19.4 Å². The maximum atomic E-state index is 12.5. The maximum Gasteiger partial charge on any atom is 0.243 e. The molecule has 8 heteroatoms. The molecule has 1 unspecified atom stereocenters. The Labute approximate surface area is 151 Å². The van der Waals surface area contributed by atoms with Crippen LogP contribution in [0.25, 0.3) is 0 Å². The van der Waals surface area contributed by atoms with Crippen molar-refractivity contribution < 1.29 is 13.2 Å². The molecular formula is C16H28ClN3O3S. The number of nitrogens with one attached hydrogen (secondary N) is 1. The number of halogens is 1. The number of sulfonamides is 1. The van der Waals surface area contributed by atoms with E-state index in [-0.39, 0.29) is 29.3 Å². The van der Waals surface area contributed by atoms with Gasteiger partial charge in [-0.3, -0.25) is 4.79 Å². The van der Waals surface area contributed by atoms with Gasteiger partial charge in [-0.25, -0.2) is 8.42 Å². The van der Waals surface area contributed by atoms with Gasteiger partial charge < -0.3 is 11.1 Å². The molecule has 3 N–H and O–H groups in total. The molecule has 1 aromatic carbocycles. The Hall–Kier alpha value is -1.15. The number of anilines is 1. The molecule has 0 aliphatic rings. The van der Waals surface area contributed by atoms with E-state index in [0.29, 0.717) is 12.1 Å². The Balaban J connectivity index is 0.00000529. The number of aryl methyl sites for hydroxylation is 1. The number of carbonyl (C=O) groups is 1. The molecule has 0 aromatic heterocycles. The summed E-state index contributed by atoms with van der Waals surface area (Å²) in [5, 5.41) is 2.73. The monoisotopic (exact) mass is 377 g/mol. The van der Waals surface area contributed by atoms with Crippen LogP contribution in [0.3, 0.4) is 0 Å². The van der Waals surface area contributed by atoms with Crippen molar-refractivity contribution in [2.24, 2.45) is 5.73 Å². The van der Waals surface area contributed by atoms with Gasteiger partial charge in [0.1, 0.15) is 0 Å². The molecule has 138 valence electrons. The van der Waals surface area contributed by atoms with E-state index in [9.17, 15) is 13.2 Å². The molecule has 1 atom stereocenters. The Morgan fingerprint density at radius 1 is 1.33 bits per heavy atom. The number of amides is 1. The summed E-state index contributed by atoms with van der Waals surface area (Å²) >= 11 is 0. The van der Waals surface area contributed by atoms with Gasteiger partial charge in [-0.15, -0.1) is 12.4 Å². The topological polar surface area (TPSA) is 92.5 Å². The van der Waals surface area contributed by atoms with Crippen molar-refractivity contribution in [3.8, 4) is 0 Å². The number of benzene rings is 1. The lowest BCUT2D eigenvalue weighted by Crippen LogP contribution is -2.36. The van der Waals surface area contributed by atoms with Crippen LogP contribution in [0.2, 0.25) is 0 Å². The highest BCUT2D eigenvalue weighted by Gasteiger charge is 2.24. The van der Waals surface area contributed by atoms with Crippen molar-refractivity contribution >= 4 is 34.0 Å². The van der Waals surface area contributed by atoms with Crippen LogP contribution in [0.5, 0.6) is 0 Å². The Morgan fingerprint density at radius 2 is 1.92 bits per heavy atom. The number of hydrogen-bond acceptors (Lipinski definition) is 4. The Bertz CT molecular complexity index is 663. The lowest BCUT2D eigenvalue weighted by atomic mass is 10.1. The van der Waals surface area contributed by atoms with Crippen LogP contribution in [-0.2, 0) is 14.8 Å². The van der Waals surface area contributed by atoms with Gasteiger partial charge in [0.15, 0.2) is 0 Å². The van der Waals surface area contributed by atoms with E-state index in [0.717, 1.165) is 12.0 Å². The fourth-order valence-corrected chi connectivity index (χ4v) is 3.40. The van der Waals surface area contributed by atoms with E-state index in [1.165, 1.54) is 17.4 Å². The van der Waals surface area contributed by atoms with Gasteiger partial charge >= 0.3 is 0 Å². The van der Waals surface area contributed by atoms with Crippen molar-refractivity contribution in [3.05, 3.63) is 23.8 Å². The van der Waals surface area contributed by atoms with E-state index >= 15 is 0 Å². The quantitative estimate of drug-likeness (QED) is 0.763. The van der Waals surface area contributed by atoms with Crippen molar-refractivity contribution in [2.45, 2.75) is 57.5 Å². The average Bonchev–Trinajstić information content (AvgIpc) is 2.48. The van der Waals surface area contributed by atoms with E-state index in [2.05, 4.69) is 5.32 Å². The SMILES string of the molecule is CCCC(N)C(=O)Nc1cc(S(=O)(=O)N(C)C(C)C)ccc1C.Cl. The highest BCUT2D eigenvalue weighted by Crippen LogP contribution is 2.23. The standard InChI is InChI=1S/C16H27N3O3S.ClH/c1-6-7-14(17)16(20)18-15-10-13(9-8-12(15)4)23(21,22)19(5)11(2)3;/h8-11,14H,6-7,17H2,1-5H3,(H,18,20);1H. The molecule has 0 radical (unpaired) electrons. The third-order valence-electron chi connectivity index (χ3n) is 3.81. The summed E-state index contributed by atoms with van der Waals surface area (Å²) in [6, 6.07) is 3.96. The molecule has 0 spiro atoms. The average molecular weight is 378 g/mol. The van der Waals surface area contributed by atoms with Crippen molar-refractivity contribution in [2.75, 3.05) is 12.4 Å². The molecule has 1 rings (SSSR count). The van der Waals surface area contributed by atoms with Crippen LogP contribution in [0, 0.1) is 6.92 Å². The predicted octanol–water partition coefficient (Wildman–Crippen LogP) is 2.51. The number of rotatable bonds is 7. The molecule has 0 saturated heterocycles. The molecule has 1 amide bonds. The molecule has 24 heavy (non-hydrogen) atoms. The first-order valence-corrected chi connectivity index (χ1v) is 9.20. The first-order chi connectivity index (χ1) is 10.6. The van der Waals surface area contributed by atoms with Crippen LogP contribution in [-0.4, -0.2) is 37.8 Å². The van der Waals surface area contributed by atoms with Crippen molar-refractivity contribution in [1.29, 1.82) is 0 Å². The lowest BCUT2D eigenvalue weighted by Gasteiger charge is -2.22. The molecule has 1 aromatic rings. The third-order valence-corrected chi connectivity index (χ3v) is 5.84. The van der Waals surface area contributed by atoms with E-state index < -0.39 is 16.1 Å². The second kappa shape index (κ2) is 9.36. The van der Waals surface area contributed by atoms with Crippen molar-refractivity contribution in [3.63, 3.8) is 0 Å². The largest absolute Gasteiger partial charge is 0.324 e. The van der Waals surface area contributed by atoms with E-state index in [1.54, 1.807) is 26.0 Å². The Kier molecular flexibility index (Phi) is 8.91. The van der Waals surface area contributed by atoms with Gasteiger partial charge in [-0.05, 0) is 44.9 Å². The van der Waals surface area contributed by atoms with Crippen LogP contribution >= 0.6 is 12.4 Å². The number of carbonyl (C=O) groups excluding carboxylic acids is 1. The molecular weight excluding hydrogens is 350 g/mol. The maximum absolute atomic E-state index is 12.5. The smallest absolute Gasteiger partial charge is 0.243 e. The van der Waals surface area contributed by atoms with E-state index in [1.807, 2.05) is 13.8 Å². The zero-order valence-corrected chi connectivity index (χ0v) is 16.5. The summed E-state index contributed by atoms with van der Waals surface area (Å²) < 4.78 is 26.4. The second-order valence-electron chi connectivity index (χ2n) is 5.98. The zero-order chi connectivity index (χ0) is 17.8. The van der Waals surface area contributed by atoms with Crippen LogP contribution in [0.4, 0.5) is 5.69 Å². The molecule has 0 aliphatic carbocycles. The summed E-state index contributed by atoms with van der Waals surface area (Å²) in [5.41, 5.74) is 7.06. The summed E-state index contributed by atoms with van der Waals surface area (Å²) in [4.78, 5) is 12.2. The van der Waals surface area contributed by atoms with E-state index in [4.69, 9.17) is 5.73 Å². The van der Waals surface area contributed by atoms with Gasteiger partial charge in [0.2, 0.25) is 15.9 Å². The van der Waals surface area contributed by atoms with Crippen LogP contribution in [0.1, 0.15) is 39.2 Å². The third kappa shape index (κ3) is 5.44. The minimum Gasteiger partial charge on any atom is -0.324 e. The summed E-state index contributed by atoms with van der Waals surface area (Å²) in [6.45, 7) is 7.37. The molecule has 0 bridgehead atoms. The Morgan fingerprint density at radius 3 is 2.42 bits per heavy atom. The minimum absolute atomic E-state index is 0. The number of nitrogens with two attached hydrogens (primary N) is 1. The first-order valence-electron chi connectivity index (χ1n) is 7.76. The summed E-state index contributed by atoms with van der Waals surface area (Å²) in [7, 11) is -2.06. The number of hydrogen-bond donors (Lipinski definition) is 2. The first kappa shape index (κ1) is 22.9. The van der Waals surface area contributed by atoms with Gasteiger partial charge in [0.05, 0.1) is 10.9 Å². The van der Waals surface area contributed by atoms with Crippen molar-refractivity contribution in [1.82, 2.24) is 4.31 Å². The predicted molar refractivity (Wildman–Crippen MR) is 100 cm³/mol. The molecule has 6 nitrogen and oxygen atoms in total. The highest BCUT2D eigenvalue weighted by atomic mass is 35.5. The normalized spacial score (nSPS) is 12.8. The fraction of sp³-hybridized carbons (Fsp3) is 0.562. The van der Waals surface area contributed by atoms with Crippen LogP contribution < -0.4 is 11.1 Å². The minimum atomic E-state index is -3.59. The van der Waals surface area contributed by atoms with Gasteiger partial charge in [0.25, 0.3) is 0 Å². The van der Waals surface area contributed by atoms with Gasteiger partial charge in [0, 0.05) is 18.8 Å².